The van der Waals surface area contributed by atoms with E-state index in [1.165, 1.54) is 0 Å². The molecule has 9 heteroatoms. The maximum atomic E-state index is 11.7. The molecule has 30 heavy (non-hydrogen) atoms. The Labute approximate surface area is 196 Å². The molecule has 8 nitrogen and oxygen atoms in total. The second-order valence-electron chi connectivity index (χ2n) is 7.87. The summed E-state index contributed by atoms with van der Waals surface area (Å²) >= 11 is 0. The maximum absolute atomic E-state index is 11.7. The fourth-order valence-electron chi connectivity index (χ4n) is 3.43. The van der Waals surface area contributed by atoms with E-state index < -0.39 is 0 Å². The Balaban J connectivity index is 0.00000320. The van der Waals surface area contributed by atoms with Crippen molar-refractivity contribution in [3.05, 3.63) is 23.9 Å². The summed E-state index contributed by atoms with van der Waals surface area (Å²) in [7, 11) is 0. The number of morpholine rings is 1. The largest absolute Gasteiger partial charge is 0.372 e. The molecule has 0 spiro atoms. The van der Waals surface area contributed by atoms with Gasteiger partial charge in [0.2, 0.25) is 5.91 Å². The summed E-state index contributed by atoms with van der Waals surface area (Å²) in [5, 5.41) is 9.44. The van der Waals surface area contributed by atoms with Crippen LogP contribution in [-0.2, 0) is 16.1 Å². The van der Waals surface area contributed by atoms with Crippen LogP contribution in [0.15, 0.2) is 23.3 Å². The summed E-state index contributed by atoms with van der Waals surface area (Å²) in [6.07, 6.45) is 4.38. The van der Waals surface area contributed by atoms with Gasteiger partial charge in [-0.25, -0.2) is 9.98 Å². The van der Waals surface area contributed by atoms with E-state index in [2.05, 4.69) is 56.8 Å². The lowest BCUT2D eigenvalue weighted by atomic mass is 10.2. The summed E-state index contributed by atoms with van der Waals surface area (Å²) in [6, 6.07) is 4.14. The number of carbonyl (C=O) groups is 1. The monoisotopic (exact) mass is 530 g/mol. The number of pyridine rings is 1. The van der Waals surface area contributed by atoms with Gasteiger partial charge in [0.25, 0.3) is 0 Å². The van der Waals surface area contributed by atoms with Crippen LogP contribution in [0.4, 0.5) is 5.82 Å². The first-order valence-electron chi connectivity index (χ1n) is 10.7. The lowest BCUT2D eigenvalue weighted by Crippen LogP contribution is -2.45. The van der Waals surface area contributed by atoms with Gasteiger partial charge >= 0.3 is 0 Å². The number of hydrogen-bond donors (Lipinski definition) is 3. The van der Waals surface area contributed by atoms with Crippen LogP contribution in [0.1, 0.15) is 39.2 Å². The number of ether oxygens (including phenoxy) is 1. The number of guanidine groups is 1. The molecule has 1 aliphatic carbocycles. The van der Waals surface area contributed by atoms with Gasteiger partial charge in [-0.3, -0.25) is 4.79 Å². The van der Waals surface area contributed by atoms with E-state index in [-0.39, 0.29) is 48.0 Å². The van der Waals surface area contributed by atoms with Gasteiger partial charge < -0.3 is 25.6 Å². The summed E-state index contributed by atoms with van der Waals surface area (Å²) < 4.78 is 5.79. The standard InChI is InChI=1S/C21H34N6O2.HI/c1-4-22-21(24-10-9-23-20(28)18-6-7-18)26-12-17-5-8-19(25-11-17)27-13-15(2)29-16(3)14-27;/h5,8,11,15-16,18H,4,6-7,9-10,12-14H2,1-3H3,(H,23,28)(H2,22,24,26);1H. The van der Waals surface area contributed by atoms with Crippen molar-refractivity contribution in [1.82, 2.24) is 20.9 Å². The van der Waals surface area contributed by atoms with Crippen molar-refractivity contribution in [2.45, 2.75) is 52.4 Å². The lowest BCUT2D eigenvalue weighted by molar-refractivity contribution is -0.122. The van der Waals surface area contributed by atoms with Gasteiger partial charge in [-0.15, -0.1) is 24.0 Å². The highest BCUT2D eigenvalue weighted by Gasteiger charge is 2.29. The molecule has 2 atom stereocenters. The summed E-state index contributed by atoms with van der Waals surface area (Å²) in [6.45, 7) is 10.5. The third kappa shape index (κ3) is 7.90. The zero-order chi connectivity index (χ0) is 20.6. The van der Waals surface area contributed by atoms with E-state index in [4.69, 9.17) is 4.74 Å². The molecule has 1 aromatic rings. The van der Waals surface area contributed by atoms with E-state index in [0.717, 1.165) is 49.8 Å². The number of halogens is 1. The first-order valence-corrected chi connectivity index (χ1v) is 10.7. The Hall–Kier alpha value is -1.62. The number of nitrogens with one attached hydrogen (secondary N) is 3. The van der Waals surface area contributed by atoms with Gasteiger partial charge in [0.1, 0.15) is 5.82 Å². The van der Waals surface area contributed by atoms with Crippen molar-refractivity contribution in [2.24, 2.45) is 10.9 Å². The molecule has 3 rings (SSSR count). The number of hydrogen-bond acceptors (Lipinski definition) is 5. The molecule has 1 amide bonds. The average molecular weight is 530 g/mol. The smallest absolute Gasteiger partial charge is 0.223 e. The minimum Gasteiger partial charge on any atom is -0.372 e. The topological polar surface area (TPSA) is 90.9 Å². The first kappa shape index (κ1) is 24.6. The number of aromatic nitrogens is 1. The van der Waals surface area contributed by atoms with Crippen LogP contribution in [0.25, 0.3) is 0 Å². The third-order valence-electron chi connectivity index (χ3n) is 4.98. The minimum absolute atomic E-state index is 0. The highest BCUT2D eigenvalue weighted by atomic mass is 127. The number of amides is 1. The molecule has 2 heterocycles. The van der Waals surface area contributed by atoms with Crippen molar-refractivity contribution in [3.63, 3.8) is 0 Å². The number of nitrogens with zero attached hydrogens (tertiary/aromatic N) is 3. The first-order chi connectivity index (χ1) is 14.0. The number of anilines is 1. The van der Waals surface area contributed by atoms with E-state index >= 15 is 0 Å². The van der Waals surface area contributed by atoms with Crippen molar-refractivity contribution >= 4 is 41.7 Å². The molecule has 0 bridgehead atoms. The van der Waals surface area contributed by atoms with Crippen molar-refractivity contribution < 1.29 is 9.53 Å². The predicted molar refractivity (Wildman–Crippen MR) is 130 cm³/mol. The molecule has 1 aromatic heterocycles. The molecule has 0 radical (unpaired) electrons. The molecular weight excluding hydrogens is 495 g/mol. The predicted octanol–water partition coefficient (Wildman–Crippen LogP) is 1.89. The summed E-state index contributed by atoms with van der Waals surface area (Å²) in [5.74, 6) is 2.14. The minimum atomic E-state index is 0. The van der Waals surface area contributed by atoms with Gasteiger partial charge in [0.15, 0.2) is 5.96 Å². The fraction of sp³-hybridized carbons (Fsp3) is 0.667. The van der Waals surface area contributed by atoms with Crippen LogP contribution < -0.4 is 20.9 Å². The van der Waals surface area contributed by atoms with E-state index in [1.54, 1.807) is 0 Å². The van der Waals surface area contributed by atoms with Crippen LogP contribution in [-0.4, -0.2) is 61.8 Å². The Morgan fingerprint density at radius 1 is 1.17 bits per heavy atom. The fourth-order valence-corrected chi connectivity index (χ4v) is 3.43. The molecular formula is C21H35IN6O2. The Morgan fingerprint density at radius 2 is 1.87 bits per heavy atom. The van der Waals surface area contributed by atoms with Crippen molar-refractivity contribution in [3.8, 4) is 0 Å². The molecule has 1 saturated heterocycles. The zero-order valence-electron chi connectivity index (χ0n) is 18.2. The van der Waals surface area contributed by atoms with Gasteiger partial charge in [-0.2, -0.15) is 0 Å². The Bertz CT molecular complexity index is 685. The third-order valence-corrected chi connectivity index (χ3v) is 4.98. The molecule has 2 aliphatic rings. The average Bonchev–Trinajstić information content (AvgIpc) is 3.54. The van der Waals surface area contributed by atoms with Crippen LogP contribution in [0.2, 0.25) is 0 Å². The highest BCUT2D eigenvalue weighted by Crippen LogP contribution is 2.28. The molecule has 0 aromatic carbocycles. The Kier molecular flexibility index (Phi) is 10.1. The van der Waals surface area contributed by atoms with Crippen LogP contribution in [0.3, 0.4) is 0 Å². The Morgan fingerprint density at radius 3 is 2.47 bits per heavy atom. The highest BCUT2D eigenvalue weighted by molar-refractivity contribution is 14.0. The zero-order valence-corrected chi connectivity index (χ0v) is 20.5. The summed E-state index contributed by atoms with van der Waals surface area (Å²) in [5.41, 5.74) is 1.06. The van der Waals surface area contributed by atoms with Crippen LogP contribution in [0.5, 0.6) is 0 Å². The number of carbonyl (C=O) groups excluding carboxylic acids is 1. The van der Waals surface area contributed by atoms with Gasteiger partial charge in [0, 0.05) is 44.8 Å². The van der Waals surface area contributed by atoms with Gasteiger partial charge in [-0.1, -0.05) is 6.07 Å². The van der Waals surface area contributed by atoms with E-state index in [9.17, 15) is 4.79 Å². The molecule has 2 unspecified atom stereocenters. The molecule has 3 N–H and O–H groups in total. The lowest BCUT2D eigenvalue weighted by Gasteiger charge is -2.36. The van der Waals surface area contributed by atoms with Gasteiger partial charge in [-0.05, 0) is 45.2 Å². The molecule has 168 valence electrons. The SMILES string of the molecule is CCNC(=NCc1ccc(N2CC(C)OC(C)C2)nc1)NCCNC(=O)C1CC1.I. The van der Waals surface area contributed by atoms with Gasteiger partial charge in [0.05, 0.1) is 18.8 Å². The van der Waals surface area contributed by atoms with Crippen LogP contribution in [0, 0.1) is 5.92 Å². The van der Waals surface area contributed by atoms with Crippen molar-refractivity contribution in [2.75, 3.05) is 37.6 Å². The second kappa shape index (κ2) is 12.3. The number of rotatable bonds is 8. The van der Waals surface area contributed by atoms with Crippen molar-refractivity contribution in [1.29, 1.82) is 0 Å². The molecule has 1 saturated carbocycles. The molecule has 1 aliphatic heterocycles. The van der Waals surface area contributed by atoms with E-state index in [0.29, 0.717) is 19.6 Å². The number of aliphatic imine (C=N–C) groups is 1. The van der Waals surface area contributed by atoms with E-state index in [1.807, 2.05) is 13.1 Å². The second-order valence-corrected chi connectivity index (χ2v) is 7.87. The maximum Gasteiger partial charge on any atom is 0.223 e. The summed E-state index contributed by atoms with van der Waals surface area (Å²) in [4.78, 5) is 23.2. The quantitative estimate of drug-likeness (QED) is 0.206. The van der Waals surface area contributed by atoms with Crippen LogP contribution >= 0.6 is 24.0 Å². The normalized spacial score (nSPS) is 21.6. The molecule has 2 fully saturated rings.